The summed E-state index contributed by atoms with van der Waals surface area (Å²) in [4.78, 5) is 28.2. The van der Waals surface area contributed by atoms with Crippen LogP contribution >= 0.6 is 0 Å². The van der Waals surface area contributed by atoms with Gasteiger partial charge in [0, 0.05) is 31.8 Å². The second-order valence-electron chi connectivity index (χ2n) is 8.11. The summed E-state index contributed by atoms with van der Waals surface area (Å²) in [5.74, 6) is 0.307. The molecule has 1 aromatic carbocycles. The number of fused-ring (bicyclic) bond motifs is 2. The second-order valence-corrected chi connectivity index (χ2v) is 8.11. The molecule has 142 valence electrons. The van der Waals surface area contributed by atoms with Crippen LogP contribution in [0.15, 0.2) is 24.3 Å². The average molecular weight is 357 g/mol. The molecule has 3 rings (SSSR count). The Bertz CT molecular complexity index is 663. The van der Waals surface area contributed by atoms with Gasteiger partial charge in [-0.15, -0.1) is 0 Å². The maximum atomic E-state index is 12.5. The summed E-state index contributed by atoms with van der Waals surface area (Å²) in [6.45, 7) is 4.18. The molecule has 1 spiro atoms. The zero-order valence-corrected chi connectivity index (χ0v) is 16.3. The van der Waals surface area contributed by atoms with E-state index in [1.807, 2.05) is 19.0 Å². The smallest absolute Gasteiger partial charge is 0.222 e. The van der Waals surface area contributed by atoms with Crippen LogP contribution in [0.3, 0.4) is 0 Å². The van der Waals surface area contributed by atoms with E-state index in [1.54, 1.807) is 6.92 Å². The summed E-state index contributed by atoms with van der Waals surface area (Å²) >= 11 is 0. The van der Waals surface area contributed by atoms with Gasteiger partial charge in [-0.2, -0.15) is 0 Å². The third-order valence-electron chi connectivity index (χ3n) is 5.95. The minimum absolute atomic E-state index is 0.0235. The Morgan fingerprint density at radius 3 is 2.58 bits per heavy atom. The highest BCUT2D eigenvalue weighted by Crippen LogP contribution is 2.50. The summed E-state index contributed by atoms with van der Waals surface area (Å²) in [6, 6.07) is 8.60. The fourth-order valence-electron chi connectivity index (χ4n) is 4.63. The van der Waals surface area contributed by atoms with E-state index in [0.29, 0.717) is 6.42 Å². The van der Waals surface area contributed by atoms with Gasteiger partial charge in [0.2, 0.25) is 11.8 Å². The number of carbonyl (C=O) groups is 2. The molecule has 26 heavy (non-hydrogen) atoms. The Balaban J connectivity index is 1.65. The Kier molecular flexibility index (Phi) is 5.66. The van der Waals surface area contributed by atoms with Gasteiger partial charge in [-0.3, -0.25) is 9.59 Å². The molecule has 1 aliphatic heterocycles. The van der Waals surface area contributed by atoms with Crippen molar-refractivity contribution in [2.24, 2.45) is 0 Å². The van der Waals surface area contributed by atoms with Crippen molar-refractivity contribution in [2.75, 3.05) is 33.7 Å². The molecule has 1 saturated heterocycles. The van der Waals surface area contributed by atoms with Crippen LogP contribution in [0, 0.1) is 0 Å². The van der Waals surface area contributed by atoms with Crippen LogP contribution < -0.4 is 5.32 Å². The lowest BCUT2D eigenvalue weighted by Crippen LogP contribution is -2.44. The van der Waals surface area contributed by atoms with Crippen LogP contribution in [0.4, 0.5) is 0 Å². The van der Waals surface area contributed by atoms with Gasteiger partial charge in [0.15, 0.2) is 0 Å². The Morgan fingerprint density at radius 2 is 1.92 bits per heavy atom. The first-order valence-corrected chi connectivity index (χ1v) is 9.70. The van der Waals surface area contributed by atoms with Crippen LogP contribution in [0.2, 0.25) is 0 Å². The largest absolute Gasteiger partial charge is 0.349 e. The Hall–Kier alpha value is -1.88. The average Bonchev–Trinajstić information content (AvgIpc) is 2.88. The van der Waals surface area contributed by atoms with Crippen molar-refractivity contribution in [1.29, 1.82) is 0 Å². The first-order chi connectivity index (χ1) is 12.4. The predicted octanol–water partition coefficient (Wildman–Crippen LogP) is 2.47. The molecule has 5 nitrogen and oxygen atoms in total. The zero-order chi connectivity index (χ0) is 18.7. The van der Waals surface area contributed by atoms with Gasteiger partial charge in [-0.1, -0.05) is 24.3 Å². The van der Waals surface area contributed by atoms with Crippen LogP contribution in [-0.4, -0.2) is 55.3 Å². The summed E-state index contributed by atoms with van der Waals surface area (Å²) in [6.07, 6.45) is 4.48. The van der Waals surface area contributed by atoms with E-state index in [0.717, 1.165) is 45.3 Å². The first-order valence-electron chi connectivity index (χ1n) is 9.70. The molecule has 5 heteroatoms. The number of nitrogens with zero attached hydrogens (tertiary/aromatic N) is 2. The second kappa shape index (κ2) is 7.78. The van der Waals surface area contributed by atoms with Crippen LogP contribution in [-0.2, 0) is 15.0 Å². The van der Waals surface area contributed by atoms with Crippen molar-refractivity contribution in [3.63, 3.8) is 0 Å². The molecule has 1 heterocycles. The number of hydrogen-bond donors (Lipinski definition) is 1. The highest BCUT2D eigenvalue weighted by molar-refractivity contribution is 5.76. The number of amides is 2. The molecule has 0 aromatic heterocycles. The van der Waals surface area contributed by atoms with E-state index in [2.05, 4.69) is 34.5 Å². The quantitative estimate of drug-likeness (QED) is 0.881. The van der Waals surface area contributed by atoms with Crippen molar-refractivity contribution in [2.45, 2.75) is 50.5 Å². The Morgan fingerprint density at radius 1 is 1.23 bits per heavy atom. The third-order valence-corrected chi connectivity index (χ3v) is 5.95. The van der Waals surface area contributed by atoms with Crippen molar-refractivity contribution in [3.8, 4) is 0 Å². The molecule has 2 aliphatic rings. The molecular weight excluding hydrogens is 326 g/mol. The molecule has 0 bridgehead atoms. The van der Waals surface area contributed by atoms with Crippen LogP contribution in [0.5, 0.6) is 0 Å². The molecule has 0 radical (unpaired) electrons. The number of likely N-dealkylation sites (tertiary alicyclic amines) is 1. The van der Waals surface area contributed by atoms with Crippen molar-refractivity contribution in [3.05, 3.63) is 35.4 Å². The highest BCUT2D eigenvalue weighted by Gasteiger charge is 2.45. The lowest BCUT2D eigenvalue weighted by molar-refractivity contribution is -0.133. The molecule has 2 amide bonds. The van der Waals surface area contributed by atoms with E-state index in [9.17, 15) is 9.59 Å². The minimum atomic E-state index is 0.0235. The summed E-state index contributed by atoms with van der Waals surface area (Å²) in [7, 11) is 4.08. The molecule has 1 N–H and O–H groups in total. The van der Waals surface area contributed by atoms with Gasteiger partial charge in [0.05, 0.1) is 6.04 Å². The predicted molar refractivity (Wildman–Crippen MR) is 103 cm³/mol. The van der Waals surface area contributed by atoms with Gasteiger partial charge >= 0.3 is 0 Å². The summed E-state index contributed by atoms with van der Waals surface area (Å²) in [5.41, 5.74) is 2.73. The monoisotopic (exact) mass is 357 g/mol. The normalized spacial score (nSPS) is 21.1. The lowest BCUT2D eigenvalue weighted by Gasteiger charge is -2.40. The van der Waals surface area contributed by atoms with Crippen LogP contribution in [0.1, 0.15) is 56.2 Å². The van der Waals surface area contributed by atoms with E-state index >= 15 is 0 Å². The van der Waals surface area contributed by atoms with E-state index in [4.69, 9.17) is 0 Å². The molecule has 1 aliphatic carbocycles. The third kappa shape index (κ3) is 3.93. The molecule has 1 aromatic rings. The number of hydrogen-bond acceptors (Lipinski definition) is 3. The molecular formula is C21H31N3O2. The highest BCUT2D eigenvalue weighted by atomic mass is 16.2. The fourth-order valence-corrected chi connectivity index (χ4v) is 4.63. The van der Waals surface area contributed by atoms with Gasteiger partial charge in [-0.05, 0) is 57.5 Å². The summed E-state index contributed by atoms with van der Waals surface area (Å²) < 4.78 is 0. The standard InChI is InChI=1S/C21H31N3O2/c1-16(25)22-19-15-21(18-8-5-4-7-17(18)19)10-13-24(14-11-21)20(26)9-6-12-23(2)3/h4-5,7-8,19H,6,9-15H2,1-3H3,(H,22,25). The fraction of sp³-hybridized carbons (Fsp3) is 0.619. The Labute approximate surface area is 156 Å². The lowest BCUT2D eigenvalue weighted by atomic mass is 9.73. The SMILES string of the molecule is CC(=O)NC1CC2(CCN(C(=O)CCCN(C)C)CC2)c2ccccc21. The zero-order valence-electron chi connectivity index (χ0n) is 16.3. The first kappa shape index (κ1) is 18.9. The molecule has 1 fully saturated rings. The van der Waals surface area contributed by atoms with Gasteiger partial charge in [0.25, 0.3) is 0 Å². The molecule has 1 unspecified atom stereocenters. The number of carbonyl (C=O) groups excluding carboxylic acids is 2. The number of nitrogens with one attached hydrogen (secondary N) is 1. The van der Waals surface area contributed by atoms with Crippen molar-refractivity contribution < 1.29 is 9.59 Å². The van der Waals surface area contributed by atoms with Gasteiger partial charge in [-0.25, -0.2) is 0 Å². The number of benzene rings is 1. The van der Waals surface area contributed by atoms with E-state index in [-0.39, 0.29) is 23.3 Å². The van der Waals surface area contributed by atoms with Crippen molar-refractivity contribution >= 4 is 11.8 Å². The van der Waals surface area contributed by atoms with Gasteiger partial charge in [0.1, 0.15) is 0 Å². The molecule has 1 atom stereocenters. The van der Waals surface area contributed by atoms with Gasteiger partial charge < -0.3 is 15.1 Å². The maximum absolute atomic E-state index is 12.5. The molecule has 0 saturated carbocycles. The van der Waals surface area contributed by atoms with Crippen molar-refractivity contribution in [1.82, 2.24) is 15.1 Å². The topological polar surface area (TPSA) is 52.7 Å². The number of rotatable bonds is 5. The minimum Gasteiger partial charge on any atom is -0.349 e. The van der Waals surface area contributed by atoms with E-state index in [1.165, 1.54) is 11.1 Å². The number of piperidine rings is 1. The summed E-state index contributed by atoms with van der Waals surface area (Å²) in [5, 5.41) is 3.12. The maximum Gasteiger partial charge on any atom is 0.222 e. The van der Waals surface area contributed by atoms with Crippen LogP contribution in [0.25, 0.3) is 0 Å². The van der Waals surface area contributed by atoms with E-state index < -0.39 is 0 Å².